The molecule has 1 amide bonds. The summed E-state index contributed by atoms with van der Waals surface area (Å²) in [5.41, 5.74) is 0.828. The van der Waals surface area contributed by atoms with Gasteiger partial charge in [0.1, 0.15) is 18.1 Å². The molecule has 0 bridgehead atoms. The molecule has 2 aromatic heterocycles. The molecule has 1 atom stereocenters. The first-order chi connectivity index (χ1) is 12.1. The lowest BCUT2D eigenvalue weighted by atomic mass is 10.2. The highest BCUT2D eigenvalue weighted by molar-refractivity contribution is 8.00. The molecule has 7 nitrogen and oxygen atoms in total. The average molecular weight is 361 g/mol. The van der Waals surface area contributed by atoms with E-state index in [2.05, 4.69) is 20.8 Å². The summed E-state index contributed by atoms with van der Waals surface area (Å²) in [5.74, 6) is 0.270. The molecular weight excluding hydrogens is 345 g/mol. The minimum Gasteiger partial charge on any atom is -0.467 e. The van der Waals surface area contributed by atoms with E-state index in [0.717, 1.165) is 11.3 Å². The van der Waals surface area contributed by atoms with Crippen LogP contribution >= 0.6 is 11.8 Å². The first-order valence-corrected chi connectivity index (χ1v) is 8.47. The zero-order valence-corrected chi connectivity index (χ0v) is 14.2. The van der Waals surface area contributed by atoms with E-state index in [1.165, 1.54) is 23.9 Å². The van der Waals surface area contributed by atoms with Crippen LogP contribution in [0.2, 0.25) is 0 Å². The molecule has 0 aliphatic rings. The number of hydrogen-bond acceptors (Lipinski definition) is 6. The van der Waals surface area contributed by atoms with Crippen molar-refractivity contribution in [1.29, 1.82) is 0 Å². The average Bonchev–Trinajstić information content (AvgIpc) is 3.27. The Labute approximate surface area is 147 Å². The summed E-state index contributed by atoms with van der Waals surface area (Å²) in [6.45, 7) is 2.50. The second kappa shape index (κ2) is 7.93. The zero-order valence-electron chi connectivity index (χ0n) is 13.4. The number of halogens is 1. The number of carbonyl (C=O) groups is 1. The molecule has 0 fully saturated rings. The molecule has 9 heteroatoms. The van der Waals surface area contributed by atoms with Crippen molar-refractivity contribution in [3.8, 4) is 0 Å². The first-order valence-electron chi connectivity index (χ1n) is 7.59. The molecule has 25 heavy (non-hydrogen) atoms. The van der Waals surface area contributed by atoms with Crippen molar-refractivity contribution in [2.75, 3.05) is 0 Å². The van der Waals surface area contributed by atoms with Crippen LogP contribution in [0.3, 0.4) is 0 Å². The van der Waals surface area contributed by atoms with E-state index in [4.69, 9.17) is 4.42 Å². The minimum atomic E-state index is -0.387. The second-order valence-electron chi connectivity index (χ2n) is 5.30. The van der Waals surface area contributed by atoms with E-state index < -0.39 is 0 Å². The summed E-state index contributed by atoms with van der Waals surface area (Å²) in [6, 6.07) is 9.62. The van der Waals surface area contributed by atoms with Gasteiger partial charge in [-0.05, 0) is 47.2 Å². The smallest absolute Gasteiger partial charge is 0.233 e. The summed E-state index contributed by atoms with van der Waals surface area (Å²) in [4.78, 5) is 12.2. The Morgan fingerprint density at radius 1 is 1.36 bits per heavy atom. The molecule has 0 spiro atoms. The fourth-order valence-electron chi connectivity index (χ4n) is 2.08. The molecule has 130 valence electrons. The second-order valence-corrected chi connectivity index (χ2v) is 6.61. The predicted octanol–water partition coefficient (Wildman–Crippen LogP) is 2.25. The zero-order chi connectivity index (χ0) is 17.6. The fraction of sp³-hybridized carbons (Fsp3) is 0.250. The van der Waals surface area contributed by atoms with Gasteiger partial charge >= 0.3 is 0 Å². The van der Waals surface area contributed by atoms with Gasteiger partial charge in [-0.15, -0.1) is 5.10 Å². The molecule has 3 aromatic rings. The van der Waals surface area contributed by atoms with Gasteiger partial charge in [0, 0.05) is 6.54 Å². The van der Waals surface area contributed by atoms with Crippen molar-refractivity contribution < 1.29 is 13.6 Å². The number of nitrogens with one attached hydrogen (secondary N) is 1. The highest BCUT2D eigenvalue weighted by atomic mass is 32.2. The fourth-order valence-corrected chi connectivity index (χ4v) is 2.89. The Balaban J connectivity index is 1.54. The van der Waals surface area contributed by atoms with Crippen LogP contribution in [-0.4, -0.2) is 31.4 Å². The van der Waals surface area contributed by atoms with Crippen molar-refractivity contribution >= 4 is 17.7 Å². The van der Waals surface area contributed by atoms with Crippen LogP contribution < -0.4 is 5.32 Å². The maximum Gasteiger partial charge on any atom is 0.233 e. The number of thioether (sulfide) groups is 1. The largest absolute Gasteiger partial charge is 0.467 e. The van der Waals surface area contributed by atoms with Gasteiger partial charge in [-0.2, -0.15) is 0 Å². The third-order valence-electron chi connectivity index (χ3n) is 3.42. The van der Waals surface area contributed by atoms with Crippen LogP contribution in [-0.2, 0) is 17.9 Å². The van der Waals surface area contributed by atoms with Gasteiger partial charge in [-0.25, -0.2) is 9.07 Å². The number of tetrazole rings is 1. The molecular formula is C16H16FN5O2S. The number of rotatable bonds is 7. The highest BCUT2D eigenvalue weighted by Gasteiger charge is 2.18. The lowest BCUT2D eigenvalue weighted by molar-refractivity contribution is -0.120. The number of aromatic nitrogens is 4. The Morgan fingerprint density at radius 3 is 2.88 bits per heavy atom. The standard InChI is InChI=1S/C16H16FN5O2S/c1-11(15(23)18-9-12-4-6-13(17)7-5-12)25-16-19-20-21-22(16)10-14-3-2-8-24-14/h2-8,11H,9-10H2,1H3,(H,18,23)/t11-/m0/s1. The third kappa shape index (κ3) is 4.66. The molecule has 0 aliphatic heterocycles. The molecule has 1 N–H and O–H groups in total. The van der Waals surface area contributed by atoms with Crippen molar-refractivity contribution in [1.82, 2.24) is 25.5 Å². The van der Waals surface area contributed by atoms with E-state index in [9.17, 15) is 9.18 Å². The maximum absolute atomic E-state index is 12.9. The molecule has 0 radical (unpaired) electrons. The monoisotopic (exact) mass is 361 g/mol. The van der Waals surface area contributed by atoms with Gasteiger partial charge in [0.2, 0.25) is 11.1 Å². The van der Waals surface area contributed by atoms with Gasteiger partial charge < -0.3 is 9.73 Å². The number of carbonyl (C=O) groups excluding carboxylic acids is 1. The molecule has 1 aromatic carbocycles. The topological polar surface area (TPSA) is 85.8 Å². The van der Waals surface area contributed by atoms with E-state index in [1.54, 1.807) is 36.1 Å². The highest BCUT2D eigenvalue weighted by Crippen LogP contribution is 2.21. The van der Waals surface area contributed by atoms with Gasteiger partial charge in [0.25, 0.3) is 0 Å². The van der Waals surface area contributed by atoms with Crippen LogP contribution in [0.1, 0.15) is 18.2 Å². The first kappa shape index (κ1) is 17.2. The summed E-state index contributed by atoms with van der Waals surface area (Å²) < 4.78 is 19.7. The molecule has 0 aliphatic carbocycles. The number of amides is 1. The molecule has 0 unspecified atom stereocenters. The van der Waals surface area contributed by atoms with E-state index in [1.807, 2.05) is 6.07 Å². The molecule has 0 saturated heterocycles. The number of furan rings is 1. The van der Waals surface area contributed by atoms with Crippen LogP contribution in [0.5, 0.6) is 0 Å². The summed E-state index contributed by atoms with van der Waals surface area (Å²) >= 11 is 1.26. The van der Waals surface area contributed by atoms with Gasteiger partial charge in [0.15, 0.2) is 0 Å². The SMILES string of the molecule is C[C@H](Sc1nnnn1Cc1ccco1)C(=O)NCc1ccc(F)cc1. The van der Waals surface area contributed by atoms with Crippen molar-refractivity contribution in [2.24, 2.45) is 0 Å². The van der Waals surface area contributed by atoms with E-state index in [-0.39, 0.29) is 17.0 Å². The molecule has 3 rings (SSSR count). The van der Waals surface area contributed by atoms with E-state index in [0.29, 0.717) is 18.2 Å². The lowest BCUT2D eigenvalue weighted by Crippen LogP contribution is -2.30. The Morgan fingerprint density at radius 2 is 2.16 bits per heavy atom. The van der Waals surface area contributed by atoms with Gasteiger partial charge in [-0.1, -0.05) is 23.9 Å². The van der Waals surface area contributed by atoms with Crippen LogP contribution in [0, 0.1) is 5.82 Å². The van der Waals surface area contributed by atoms with Crippen LogP contribution in [0.25, 0.3) is 0 Å². The normalized spacial score (nSPS) is 12.1. The van der Waals surface area contributed by atoms with Crippen molar-refractivity contribution in [3.63, 3.8) is 0 Å². The summed E-state index contributed by atoms with van der Waals surface area (Å²) in [6.07, 6.45) is 1.58. The summed E-state index contributed by atoms with van der Waals surface area (Å²) in [5, 5.41) is 14.5. The number of benzene rings is 1. The minimum absolute atomic E-state index is 0.151. The quantitative estimate of drug-likeness (QED) is 0.650. The predicted molar refractivity (Wildman–Crippen MR) is 89.2 cm³/mol. The van der Waals surface area contributed by atoms with Crippen LogP contribution in [0.15, 0.2) is 52.2 Å². The Bertz CT molecular complexity index is 819. The van der Waals surface area contributed by atoms with Crippen LogP contribution in [0.4, 0.5) is 4.39 Å². The summed E-state index contributed by atoms with van der Waals surface area (Å²) in [7, 11) is 0. The molecule has 2 heterocycles. The van der Waals surface area contributed by atoms with Crippen molar-refractivity contribution in [3.05, 3.63) is 59.8 Å². The van der Waals surface area contributed by atoms with E-state index >= 15 is 0 Å². The number of nitrogens with zero attached hydrogens (tertiary/aromatic N) is 4. The number of hydrogen-bond donors (Lipinski definition) is 1. The van der Waals surface area contributed by atoms with Gasteiger partial charge in [0.05, 0.1) is 11.5 Å². The molecule has 0 saturated carbocycles. The maximum atomic E-state index is 12.9. The Hall–Kier alpha value is -2.68. The third-order valence-corrected chi connectivity index (χ3v) is 4.49. The van der Waals surface area contributed by atoms with Gasteiger partial charge in [-0.3, -0.25) is 4.79 Å². The Kier molecular flexibility index (Phi) is 5.44. The lowest BCUT2D eigenvalue weighted by Gasteiger charge is -2.11. The van der Waals surface area contributed by atoms with Crippen molar-refractivity contribution in [2.45, 2.75) is 30.4 Å².